The molecule has 1 aliphatic carbocycles. The highest BCUT2D eigenvalue weighted by Gasteiger charge is 2.38. The van der Waals surface area contributed by atoms with Crippen LogP contribution in [-0.4, -0.2) is 15.1 Å². The second-order valence-corrected chi connectivity index (χ2v) is 6.38. The second-order valence-electron chi connectivity index (χ2n) is 5.32. The lowest BCUT2D eigenvalue weighted by atomic mass is 9.77. The molecule has 6 heteroatoms. The molecule has 0 aliphatic heterocycles. The van der Waals surface area contributed by atoms with Crippen molar-refractivity contribution in [3.8, 4) is 0 Å². The van der Waals surface area contributed by atoms with Crippen LogP contribution in [0.2, 0.25) is 0 Å². The summed E-state index contributed by atoms with van der Waals surface area (Å²) < 4.78 is 6.40. The highest BCUT2D eigenvalue weighted by atomic mass is 32.1. The Morgan fingerprint density at radius 1 is 1.19 bits per heavy atom. The van der Waals surface area contributed by atoms with Crippen molar-refractivity contribution in [2.75, 3.05) is 0 Å². The molecule has 2 aromatic heterocycles. The van der Waals surface area contributed by atoms with Gasteiger partial charge in [-0.1, -0.05) is 17.3 Å². The summed E-state index contributed by atoms with van der Waals surface area (Å²) in [5, 5.41) is 4.90. The molecule has 3 aromatic rings. The van der Waals surface area contributed by atoms with Crippen molar-refractivity contribution in [1.29, 1.82) is 0 Å². The number of hydrogen-bond acceptors (Lipinski definition) is 6. The summed E-state index contributed by atoms with van der Waals surface area (Å²) in [4.78, 5) is 8.89. The minimum absolute atomic E-state index is 0.383. The maximum Gasteiger partial charge on any atom is 0.250 e. The molecule has 106 valence electrons. The van der Waals surface area contributed by atoms with Crippen molar-refractivity contribution >= 4 is 33.7 Å². The number of nitrogens with two attached hydrogens (primary N) is 1. The molecular formula is C15H14N4OS. The SMILES string of the molecule is NC1(c2noc(/C=C/c3nc4ccccc4s3)n2)CCC1. The van der Waals surface area contributed by atoms with Crippen LogP contribution in [0.5, 0.6) is 0 Å². The van der Waals surface area contributed by atoms with Crippen molar-refractivity contribution in [3.05, 3.63) is 41.0 Å². The van der Waals surface area contributed by atoms with Gasteiger partial charge in [0.2, 0.25) is 0 Å². The van der Waals surface area contributed by atoms with Crippen LogP contribution in [0.1, 0.15) is 36.0 Å². The minimum Gasteiger partial charge on any atom is -0.335 e. The molecule has 0 bridgehead atoms. The summed E-state index contributed by atoms with van der Waals surface area (Å²) >= 11 is 1.63. The first-order valence-corrected chi connectivity index (χ1v) is 7.71. The van der Waals surface area contributed by atoms with Crippen molar-refractivity contribution in [2.45, 2.75) is 24.8 Å². The summed E-state index contributed by atoms with van der Waals surface area (Å²) in [6, 6.07) is 8.06. The van der Waals surface area contributed by atoms with Gasteiger partial charge in [-0.25, -0.2) is 4.98 Å². The molecule has 0 unspecified atom stereocenters. The van der Waals surface area contributed by atoms with Crippen LogP contribution in [0.3, 0.4) is 0 Å². The van der Waals surface area contributed by atoms with E-state index in [2.05, 4.69) is 21.2 Å². The molecule has 4 rings (SSSR count). The van der Waals surface area contributed by atoms with E-state index in [9.17, 15) is 0 Å². The van der Waals surface area contributed by atoms with Gasteiger partial charge < -0.3 is 10.3 Å². The van der Waals surface area contributed by atoms with Gasteiger partial charge in [0.05, 0.1) is 15.8 Å². The zero-order valence-electron chi connectivity index (χ0n) is 11.3. The third-order valence-corrected chi connectivity index (χ3v) is 4.81. The largest absolute Gasteiger partial charge is 0.335 e. The zero-order valence-corrected chi connectivity index (χ0v) is 12.1. The van der Waals surface area contributed by atoms with E-state index in [-0.39, 0.29) is 5.54 Å². The molecule has 0 spiro atoms. The maximum atomic E-state index is 6.18. The Kier molecular flexibility index (Phi) is 2.87. The number of hydrogen-bond donors (Lipinski definition) is 1. The number of para-hydroxylation sites is 1. The quantitative estimate of drug-likeness (QED) is 0.803. The second kappa shape index (κ2) is 4.75. The third kappa shape index (κ3) is 2.26. The highest BCUT2D eigenvalue weighted by molar-refractivity contribution is 7.19. The lowest BCUT2D eigenvalue weighted by Gasteiger charge is -2.34. The Hall–Kier alpha value is -2.05. The van der Waals surface area contributed by atoms with E-state index in [1.165, 1.54) is 4.70 Å². The monoisotopic (exact) mass is 298 g/mol. The molecule has 0 amide bonds. The van der Waals surface area contributed by atoms with E-state index in [0.29, 0.717) is 11.7 Å². The van der Waals surface area contributed by atoms with Crippen LogP contribution in [-0.2, 0) is 5.54 Å². The topological polar surface area (TPSA) is 77.8 Å². The van der Waals surface area contributed by atoms with E-state index < -0.39 is 0 Å². The number of benzene rings is 1. The van der Waals surface area contributed by atoms with Crippen LogP contribution in [0.4, 0.5) is 0 Å². The number of fused-ring (bicyclic) bond motifs is 1. The van der Waals surface area contributed by atoms with Crippen molar-refractivity contribution in [2.24, 2.45) is 5.73 Å². The van der Waals surface area contributed by atoms with E-state index >= 15 is 0 Å². The molecule has 21 heavy (non-hydrogen) atoms. The van der Waals surface area contributed by atoms with Crippen molar-refractivity contribution < 1.29 is 4.52 Å². The number of nitrogens with zero attached hydrogens (tertiary/aromatic N) is 3. The fraction of sp³-hybridized carbons (Fsp3) is 0.267. The lowest BCUT2D eigenvalue weighted by Crippen LogP contribution is -2.44. The summed E-state index contributed by atoms with van der Waals surface area (Å²) in [6.07, 6.45) is 6.66. The average Bonchev–Trinajstić information content (AvgIpc) is 3.09. The molecule has 0 radical (unpaired) electrons. The van der Waals surface area contributed by atoms with Crippen LogP contribution < -0.4 is 5.73 Å². The molecule has 5 nitrogen and oxygen atoms in total. The number of rotatable bonds is 3. The van der Waals surface area contributed by atoms with Gasteiger partial charge in [0.1, 0.15) is 5.01 Å². The smallest absolute Gasteiger partial charge is 0.250 e. The Morgan fingerprint density at radius 3 is 2.81 bits per heavy atom. The fourth-order valence-corrected chi connectivity index (χ4v) is 3.26. The van der Waals surface area contributed by atoms with Crippen LogP contribution >= 0.6 is 11.3 Å². The molecule has 1 fully saturated rings. The average molecular weight is 298 g/mol. The summed E-state index contributed by atoms with van der Waals surface area (Å²) in [5.74, 6) is 1.08. The van der Waals surface area contributed by atoms with Gasteiger partial charge in [0, 0.05) is 6.08 Å². The summed E-state index contributed by atoms with van der Waals surface area (Å²) in [5.41, 5.74) is 6.80. The maximum absolute atomic E-state index is 6.18. The van der Waals surface area contributed by atoms with E-state index in [0.717, 1.165) is 29.8 Å². The molecule has 1 aromatic carbocycles. The van der Waals surface area contributed by atoms with Gasteiger partial charge in [-0.05, 0) is 37.5 Å². The van der Waals surface area contributed by atoms with Gasteiger partial charge in [0.15, 0.2) is 5.82 Å². The third-order valence-electron chi connectivity index (χ3n) is 3.81. The molecule has 1 aliphatic rings. The highest BCUT2D eigenvalue weighted by Crippen LogP contribution is 2.36. The molecule has 0 saturated heterocycles. The number of thiazole rings is 1. The van der Waals surface area contributed by atoms with E-state index in [1.807, 2.05) is 24.3 Å². The fourth-order valence-electron chi connectivity index (χ4n) is 2.39. The Bertz CT molecular complexity index is 783. The summed E-state index contributed by atoms with van der Waals surface area (Å²) in [6.45, 7) is 0. The lowest BCUT2D eigenvalue weighted by molar-refractivity contribution is 0.229. The Morgan fingerprint density at radius 2 is 2.05 bits per heavy atom. The summed E-state index contributed by atoms with van der Waals surface area (Å²) in [7, 11) is 0. The Balaban J connectivity index is 1.57. The molecule has 1 saturated carbocycles. The van der Waals surface area contributed by atoms with Gasteiger partial charge >= 0.3 is 0 Å². The molecule has 2 heterocycles. The van der Waals surface area contributed by atoms with E-state index in [4.69, 9.17) is 10.3 Å². The Labute approximate surface area is 125 Å². The van der Waals surface area contributed by atoms with Crippen LogP contribution in [0.25, 0.3) is 22.4 Å². The first-order valence-electron chi connectivity index (χ1n) is 6.90. The van der Waals surface area contributed by atoms with Crippen molar-refractivity contribution in [1.82, 2.24) is 15.1 Å². The van der Waals surface area contributed by atoms with Crippen LogP contribution in [0, 0.1) is 0 Å². The standard InChI is InChI=1S/C15H14N4OS/c16-15(8-3-9-15)14-18-12(20-19-14)6-7-13-17-10-4-1-2-5-11(10)21-13/h1-2,4-7H,3,8-9,16H2/b7-6+. The molecular weight excluding hydrogens is 284 g/mol. The molecule has 0 atom stereocenters. The van der Waals surface area contributed by atoms with Gasteiger partial charge in [-0.15, -0.1) is 11.3 Å². The predicted octanol–water partition coefficient (Wildman–Crippen LogP) is 3.19. The van der Waals surface area contributed by atoms with E-state index in [1.54, 1.807) is 17.4 Å². The van der Waals surface area contributed by atoms with Crippen LogP contribution in [0.15, 0.2) is 28.8 Å². The number of aromatic nitrogens is 3. The zero-order chi connectivity index (χ0) is 14.3. The molecule has 2 N–H and O–H groups in total. The first-order chi connectivity index (χ1) is 10.2. The first kappa shape index (κ1) is 12.7. The van der Waals surface area contributed by atoms with Gasteiger partial charge in [0.25, 0.3) is 5.89 Å². The van der Waals surface area contributed by atoms with Crippen molar-refractivity contribution in [3.63, 3.8) is 0 Å². The van der Waals surface area contributed by atoms with Gasteiger partial charge in [-0.2, -0.15) is 4.98 Å². The van der Waals surface area contributed by atoms with Gasteiger partial charge in [-0.3, -0.25) is 0 Å². The minimum atomic E-state index is -0.383. The predicted molar refractivity (Wildman–Crippen MR) is 82.6 cm³/mol. The normalized spacial score (nSPS) is 17.4.